The van der Waals surface area contributed by atoms with Crippen LogP contribution in [0.2, 0.25) is 0 Å². The lowest BCUT2D eigenvalue weighted by atomic mass is 9.61. The number of nitro benzene ring substituents is 1. The van der Waals surface area contributed by atoms with Crippen molar-refractivity contribution in [3.8, 4) is 0 Å². The van der Waals surface area contributed by atoms with Crippen molar-refractivity contribution in [1.82, 2.24) is 10.2 Å². The second-order valence-corrected chi connectivity index (χ2v) is 8.68. The molecular weight excluding hydrogens is 374 g/mol. The Hall–Kier alpha value is -3.49. The Morgan fingerprint density at radius 1 is 1.17 bits per heavy atom. The first-order chi connectivity index (χ1) is 13.6. The summed E-state index contributed by atoms with van der Waals surface area (Å²) in [6, 6.07) is 4.27. The maximum Gasteiger partial charge on any atom is 0.269 e. The number of nitrogens with zero attached hydrogens (tertiary/aromatic N) is 2. The molecule has 9 nitrogen and oxygen atoms in total. The number of benzene rings is 1. The number of aromatic nitrogens is 2. The second kappa shape index (κ2) is 5.31. The van der Waals surface area contributed by atoms with Gasteiger partial charge in [-0.05, 0) is 24.8 Å². The van der Waals surface area contributed by atoms with Crippen molar-refractivity contribution < 1.29 is 14.5 Å². The van der Waals surface area contributed by atoms with Gasteiger partial charge in [0.2, 0.25) is 5.91 Å². The third kappa shape index (κ3) is 2.12. The van der Waals surface area contributed by atoms with Crippen LogP contribution < -0.4 is 10.6 Å². The van der Waals surface area contributed by atoms with Gasteiger partial charge in [-0.2, -0.15) is 5.10 Å². The molecule has 1 aromatic heterocycles. The number of ketones is 1. The Labute approximate surface area is 165 Å². The van der Waals surface area contributed by atoms with Crippen LogP contribution in [-0.2, 0) is 15.0 Å². The van der Waals surface area contributed by atoms with Crippen molar-refractivity contribution in [3.05, 3.63) is 56.4 Å². The van der Waals surface area contributed by atoms with Gasteiger partial charge in [-0.15, -0.1) is 0 Å². The third-order valence-corrected chi connectivity index (χ3v) is 6.05. The van der Waals surface area contributed by atoms with E-state index in [2.05, 4.69) is 20.8 Å². The standard InChI is InChI=1S/C20H19N5O4/c1-9-15-17(24-23-9)21-13-7-19(2,3)8-14(26)16(13)20(15)11-6-10(25(28)29)4-5-12(11)22-18(20)27/h4-6H,7-8H2,1-3H3,(H,22,27)(H2,21,23,24). The van der Waals surface area contributed by atoms with E-state index >= 15 is 0 Å². The highest BCUT2D eigenvalue weighted by Gasteiger charge is 2.60. The number of H-pyrrole nitrogens is 1. The van der Waals surface area contributed by atoms with E-state index in [1.807, 2.05) is 13.8 Å². The molecule has 5 rings (SSSR count). The first-order valence-corrected chi connectivity index (χ1v) is 9.35. The van der Waals surface area contributed by atoms with E-state index in [0.29, 0.717) is 52.4 Å². The van der Waals surface area contributed by atoms with E-state index in [4.69, 9.17) is 0 Å². The zero-order valence-electron chi connectivity index (χ0n) is 16.2. The lowest BCUT2D eigenvalue weighted by Gasteiger charge is -2.42. The largest absolute Gasteiger partial charge is 0.342 e. The van der Waals surface area contributed by atoms with Crippen LogP contribution in [0.4, 0.5) is 17.2 Å². The quantitative estimate of drug-likeness (QED) is 0.504. The number of nitrogens with one attached hydrogen (secondary N) is 3. The molecule has 9 heteroatoms. The maximum atomic E-state index is 13.5. The van der Waals surface area contributed by atoms with Crippen LogP contribution in [0.5, 0.6) is 0 Å². The molecule has 148 valence electrons. The van der Waals surface area contributed by atoms with Crippen LogP contribution in [0.1, 0.15) is 43.5 Å². The zero-order chi connectivity index (χ0) is 20.7. The number of nitro groups is 1. The Morgan fingerprint density at radius 2 is 1.93 bits per heavy atom. The number of rotatable bonds is 1. The third-order valence-electron chi connectivity index (χ3n) is 6.05. The summed E-state index contributed by atoms with van der Waals surface area (Å²) in [6.07, 6.45) is 0.859. The van der Waals surface area contributed by atoms with E-state index < -0.39 is 10.3 Å². The van der Waals surface area contributed by atoms with Crippen molar-refractivity contribution in [1.29, 1.82) is 0 Å². The topological polar surface area (TPSA) is 130 Å². The van der Waals surface area contributed by atoms with Gasteiger partial charge in [-0.1, -0.05) is 13.8 Å². The Kier molecular flexibility index (Phi) is 3.22. The molecule has 3 N–H and O–H groups in total. The smallest absolute Gasteiger partial charge is 0.269 e. The monoisotopic (exact) mass is 393 g/mol. The van der Waals surface area contributed by atoms with E-state index in [9.17, 15) is 19.7 Å². The number of Topliss-reactive ketones (excluding diaryl/α,β-unsaturated/α-hetero) is 1. The molecule has 29 heavy (non-hydrogen) atoms. The average Bonchev–Trinajstić information content (AvgIpc) is 3.12. The fourth-order valence-corrected chi connectivity index (χ4v) is 5.01. The molecule has 1 amide bonds. The van der Waals surface area contributed by atoms with Gasteiger partial charge in [0.1, 0.15) is 5.41 Å². The fraction of sp³-hybridized carbons (Fsp3) is 0.350. The predicted molar refractivity (Wildman–Crippen MR) is 105 cm³/mol. The van der Waals surface area contributed by atoms with Crippen LogP contribution >= 0.6 is 0 Å². The highest BCUT2D eigenvalue weighted by Crippen LogP contribution is 2.57. The van der Waals surface area contributed by atoms with Gasteiger partial charge in [-0.3, -0.25) is 24.8 Å². The zero-order valence-corrected chi connectivity index (χ0v) is 16.2. The van der Waals surface area contributed by atoms with Crippen molar-refractivity contribution in [2.75, 3.05) is 10.6 Å². The molecule has 1 unspecified atom stereocenters. The van der Waals surface area contributed by atoms with Crippen LogP contribution in [0, 0.1) is 22.5 Å². The Bertz CT molecular complexity index is 1180. The highest BCUT2D eigenvalue weighted by atomic mass is 16.6. The van der Waals surface area contributed by atoms with Crippen LogP contribution in [0.3, 0.4) is 0 Å². The number of allylic oxidation sites excluding steroid dienone is 1. The van der Waals surface area contributed by atoms with Crippen molar-refractivity contribution in [2.45, 2.75) is 39.0 Å². The van der Waals surface area contributed by atoms with Gasteiger partial charge in [0, 0.05) is 52.3 Å². The number of hydrogen-bond acceptors (Lipinski definition) is 6. The minimum Gasteiger partial charge on any atom is -0.342 e. The summed E-state index contributed by atoms with van der Waals surface area (Å²) in [5.74, 6) is -0.0495. The number of anilines is 2. The molecule has 1 spiro atoms. The van der Waals surface area contributed by atoms with Crippen molar-refractivity contribution in [2.24, 2.45) is 5.41 Å². The minimum atomic E-state index is -1.46. The number of carbonyl (C=O) groups is 2. The molecule has 1 atom stereocenters. The SMILES string of the molecule is Cc1[nH]nc2c1C1(C(=O)Nc3ccc([N+](=O)[O-])cc31)C1=C(CC(C)(C)CC1=O)N2. The lowest BCUT2D eigenvalue weighted by Crippen LogP contribution is -2.47. The van der Waals surface area contributed by atoms with Gasteiger partial charge in [0.05, 0.1) is 4.92 Å². The van der Waals surface area contributed by atoms with E-state index in [1.54, 1.807) is 6.92 Å². The fourth-order valence-electron chi connectivity index (χ4n) is 5.01. The Morgan fingerprint density at radius 3 is 2.66 bits per heavy atom. The molecule has 0 fully saturated rings. The summed E-state index contributed by atoms with van der Waals surface area (Å²) < 4.78 is 0. The number of aromatic amines is 1. The van der Waals surface area contributed by atoms with Gasteiger partial charge in [-0.25, -0.2) is 0 Å². The molecule has 0 saturated carbocycles. The van der Waals surface area contributed by atoms with Crippen molar-refractivity contribution >= 4 is 28.9 Å². The maximum absolute atomic E-state index is 13.5. The molecule has 3 aliphatic rings. The number of non-ortho nitro benzene ring substituents is 1. The summed E-state index contributed by atoms with van der Waals surface area (Å²) in [5, 5.41) is 24.7. The van der Waals surface area contributed by atoms with E-state index in [1.165, 1.54) is 18.2 Å². The lowest BCUT2D eigenvalue weighted by molar-refractivity contribution is -0.384. The number of hydrogen-bond donors (Lipinski definition) is 3. The van der Waals surface area contributed by atoms with Crippen LogP contribution in [0.15, 0.2) is 29.5 Å². The first kappa shape index (κ1) is 17.6. The predicted octanol–water partition coefficient (Wildman–Crippen LogP) is 2.93. The van der Waals surface area contributed by atoms with Crippen LogP contribution in [0.25, 0.3) is 0 Å². The molecule has 0 saturated heterocycles. The van der Waals surface area contributed by atoms with Gasteiger partial charge in [0.15, 0.2) is 11.6 Å². The summed E-state index contributed by atoms with van der Waals surface area (Å²) in [4.78, 5) is 37.8. The molecule has 1 aromatic carbocycles. The van der Waals surface area contributed by atoms with E-state index in [0.717, 1.165) is 0 Å². The van der Waals surface area contributed by atoms with Crippen LogP contribution in [-0.4, -0.2) is 26.8 Å². The second-order valence-electron chi connectivity index (χ2n) is 8.68. The summed E-state index contributed by atoms with van der Waals surface area (Å²) in [7, 11) is 0. The first-order valence-electron chi connectivity index (χ1n) is 9.35. The molecule has 1 aliphatic carbocycles. The van der Waals surface area contributed by atoms with Gasteiger partial charge in [0.25, 0.3) is 5.69 Å². The van der Waals surface area contributed by atoms with Gasteiger partial charge < -0.3 is 10.6 Å². The van der Waals surface area contributed by atoms with Crippen molar-refractivity contribution in [3.63, 3.8) is 0 Å². The minimum absolute atomic E-state index is 0.133. The molecule has 2 aromatic rings. The summed E-state index contributed by atoms with van der Waals surface area (Å²) >= 11 is 0. The molecule has 2 aliphatic heterocycles. The molecular formula is C20H19N5O4. The summed E-state index contributed by atoms with van der Waals surface area (Å²) in [6.45, 7) is 5.78. The highest BCUT2D eigenvalue weighted by molar-refractivity contribution is 6.20. The average molecular weight is 393 g/mol. The number of fused-ring (bicyclic) bond motifs is 5. The number of carbonyl (C=O) groups excluding carboxylic acids is 2. The molecule has 0 bridgehead atoms. The summed E-state index contributed by atoms with van der Waals surface area (Å²) in [5.41, 5.74) is 1.22. The van der Waals surface area contributed by atoms with E-state index in [-0.39, 0.29) is 22.8 Å². The Balaban J connectivity index is 1.90. The normalized spacial score (nSPS) is 24.0. The number of amides is 1. The molecule has 0 radical (unpaired) electrons. The van der Waals surface area contributed by atoms with Gasteiger partial charge >= 0.3 is 0 Å². The molecule has 3 heterocycles. The number of aryl methyl sites for hydroxylation is 1.